The molecule has 1 unspecified atom stereocenters. The maximum Gasteiger partial charge on any atom is 0.308 e. The second-order valence-corrected chi connectivity index (χ2v) is 7.23. The molecule has 1 saturated heterocycles. The number of rotatable bonds is 8. The van der Waals surface area contributed by atoms with Gasteiger partial charge in [0.25, 0.3) is 0 Å². The highest BCUT2D eigenvalue weighted by molar-refractivity contribution is 5.73. The lowest BCUT2D eigenvalue weighted by Crippen LogP contribution is -2.60. The van der Waals surface area contributed by atoms with Crippen LogP contribution in [0.4, 0.5) is 0 Å². The standard InChI is InChI=1S/C18H24O12/c1-8-16(9(19)3-4-27-8)30-17-15(25)14(24)13(23)10(29-17)7-28-12(22)6-18(2,26)5-11(20)21/h3-4,10,13-15,17,23-26H,5-7H2,1-2H3,(H,20,21)/t10-,13-,14+,15-,17+,18?/m1/s1. The van der Waals surface area contributed by atoms with Gasteiger partial charge in [-0.25, -0.2) is 0 Å². The van der Waals surface area contributed by atoms with Crippen LogP contribution in [0.1, 0.15) is 25.5 Å². The molecule has 1 aromatic rings. The maximum absolute atomic E-state index is 11.9. The first-order valence-electron chi connectivity index (χ1n) is 8.96. The van der Waals surface area contributed by atoms with Crippen molar-refractivity contribution in [1.29, 1.82) is 0 Å². The molecule has 1 aliphatic heterocycles. The Hall–Kier alpha value is -2.51. The summed E-state index contributed by atoms with van der Waals surface area (Å²) < 4.78 is 20.6. The summed E-state index contributed by atoms with van der Waals surface area (Å²) in [5.74, 6) is -2.47. The molecule has 1 aromatic heterocycles. The van der Waals surface area contributed by atoms with E-state index in [2.05, 4.69) is 0 Å². The van der Waals surface area contributed by atoms with Crippen molar-refractivity contribution < 1.29 is 53.7 Å². The van der Waals surface area contributed by atoms with Gasteiger partial charge in [0.2, 0.25) is 17.5 Å². The van der Waals surface area contributed by atoms with Gasteiger partial charge < -0.3 is 44.2 Å². The molecular formula is C18H24O12. The number of esters is 1. The van der Waals surface area contributed by atoms with E-state index in [0.717, 1.165) is 19.3 Å². The molecule has 30 heavy (non-hydrogen) atoms. The molecule has 6 atom stereocenters. The molecule has 1 aliphatic rings. The predicted octanol–water partition coefficient (Wildman–Crippen LogP) is -1.71. The molecule has 2 rings (SSSR count). The van der Waals surface area contributed by atoms with E-state index < -0.39 is 73.1 Å². The number of aliphatic carboxylic acids is 1. The Labute approximate surface area is 170 Å². The summed E-state index contributed by atoms with van der Waals surface area (Å²) in [6.45, 7) is 1.97. The number of carboxylic acids is 1. The van der Waals surface area contributed by atoms with E-state index in [0.29, 0.717) is 0 Å². The van der Waals surface area contributed by atoms with E-state index in [1.165, 1.54) is 6.92 Å². The van der Waals surface area contributed by atoms with Crippen LogP contribution in [0.3, 0.4) is 0 Å². The summed E-state index contributed by atoms with van der Waals surface area (Å²) in [5, 5.41) is 48.8. The quantitative estimate of drug-likeness (QED) is 0.293. The average molecular weight is 432 g/mol. The molecule has 12 nitrogen and oxygen atoms in total. The topological polar surface area (TPSA) is 193 Å². The first kappa shape index (κ1) is 23.8. The van der Waals surface area contributed by atoms with Gasteiger partial charge in [0.15, 0.2) is 0 Å². The minimum absolute atomic E-state index is 0.0857. The van der Waals surface area contributed by atoms with Gasteiger partial charge >= 0.3 is 11.9 Å². The second-order valence-electron chi connectivity index (χ2n) is 7.23. The van der Waals surface area contributed by atoms with Crippen molar-refractivity contribution in [3.05, 3.63) is 28.3 Å². The van der Waals surface area contributed by atoms with Crippen LogP contribution in [0, 0.1) is 6.92 Å². The van der Waals surface area contributed by atoms with Crippen LogP contribution < -0.4 is 10.2 Å². The van der Waals surface area contributed by atoms with Crippen LogP contribution in [-0.2, 0) is 19.1 Å². The number of aliphatic hydroxyl groups is 4. The normalized spacial score (nSPS) is 28.4. The number of ether oxygens (including phenoxy) is 3. The fourth-order valence-corrected chi connectivity index (χ4v) is 2.83. The largest absolute Gasteiger partial charge is 0.481 e. The summed E-state index contributed by atoms with van der Waals surface area (Å²) in [6, 6.07) is 1.07. The molecular weight excluding hydrogens is 408 g/mol. The number of aliphatic hydroxyl groups excluding tert-OH is 3. The lowest BCUT2D eigenvalue weighted by molar-refractivity contribution is -0.279. The number of hydrogen-bond acceptors (Lipinski definition) is 11. The maximum atomic E-state index is 11.9. The minimum atomic E-state index is -1.85. The fourth-order valence-electron chi connectivity index (χ4n) is 2.83. The molecule has 0 saturated carbocycles. The van der Waals surface area contributed by atoms with Crippen LogP contribution in [-0.4, -0.2) is 80.4 Å². The Bertz CT molecular complexity index is 816. The molecule has 2 heterocycles. The number of aryl methyl sites for hydroxylation is 1. The van der Waals surface area contributed by atoms with Gasteiger partial charge in [0.05, 0.1) is 24.7 Å². The summed E-state index contributed by atoms with van der Waals surface area (Å²) in [6.07, 6.45) is -8.28. The lowest BCUT2D eigenvalue weighted by Gasteiger charge is -2.39. The monoisotopic (exact) mass is 432 g/mol. The summed E-state index contributed by atoms with van der Waals surface area (Å²) >= 11 is 0. The van der Waals surface area contributed by atoms with Crippen LogP contribution >= 0.6 is 0 Å². The Balaban J connectivity index is 2.03. The zero-order chi connectivity index (χ0) is 22.6. The van der Waals surface area contributed by atoms with E-state index in [4.69, 9.17) is 23.7 Å². The molecule has 0 bridgehead atoms. The van der Waals surface area contributed by atoms with Gasteiger partial charge in [-0.3, -0.25) is 14.4 Å². The van der Waals surface area contributed by atoms with Gasteiger partial charge in [-0.15, -0.1) is 0 Å². The van der Waals surface area contributed by atoms with Gasteiger partial charge in [-0.05, 0) is 13.8 Å². The Morgan fingerprint density at radius 3 is 2.43 bits per heavy atom. The summed E-state index contributed by atoms with van der Waals surface area (Å²) in [5.41, 5.74) is -2.42. The average Bonchev–Trinajstić information content (AvgIpc) is 2.62. The third-order valence-electron chi connectivity index (χ3n) is 4.38. The molecule has 0 aliphatic carbocycles. The number of hydrogen-bond donors (Lipinski definition) is 5. The molecule has 168 valence electrons. The van der Waals surface area contributed by atoms with Gasteiger partial charge in [0.1, 0.15) is 36.8 Å². The molecule has 0 amide bonds. The van der Waals surface area contributed by atoms with E-state index in [1.807, 2.05) is 0 Å². The molecule has 12 heteroatoms. The predicted molar refractivity (Wildman–Crippen MR) is 95.5 cm³/mol. The Morgan fingerprint density at radius 1 is 1.17 bits per heavy atom. The van der Waals surface area contributed by atoms with Crippen LogP contribution in [0.5, 0.6) is 5.75 Å². The van der Waals surface area contributed by atoms with E-state index >= 15 is 0 Å². The number of carbonyl (C=O) groups is 2. The van der Waals surface area contributed by atoms with Crippen molar-refractivity contribution in [2.24, 2.45) is 0 Å². The molecule has 0 radical (unpaired) electrons. The van der Waals surface area contributed by atoms with Gasteiger partial charge in [-0.2, -0.15) is 0 Å². The van der Waals surface area contributed by atoms with Crippen molar-refractivity contribution >= 4 is 11.9 Å². The van der Waals surface area contributed by atoms with Crippen LogP contribution in [0.15, 0.2) is 21.5 Å². The second kappa shape index (κ2) is 9.53. The van der Waals surface area contributed by atoms with Crippen LogP contribution in [0.2, 0.25) is 0 Å². The first-order valence-corrected chi connectivity index (χ1v) is 8.96. The molecule has 0 spiro atoms. The van der Waals surface area contributed by atoms with Crippen molar-refractivity contribution in [3.8, 4) is 5.75 Å². The van der Waals surface area contributed by atoms with E-state index in [9.17, 15) is 34.8 Å². The SMILES string of the molecule is Cc1occc(=O)c1O[C@@H]1O[C@H](COC(=O)CC(C)(O)CC(=O)O)[C@@H](O)[C@H](O)[C@H]1O. The van der Waals surface area contributed by atoms with E-state index in [-0.39, 0.29) is 11.5 Å². The smallest absolute Gasteiger partial charge is 0.308 e. The Kier molecular flexibility index (Phi) is 7.55. The molecule has 5 N–H and O–H groups in total. The van der Waals surface area contributed by atoms with Gasteiger partial charge in [-0.1, -0.05) is 0 Å². The molecule has 1 fully saturated rings. The third-order valence-corrected chi connectivity index (χ3v) is 4.38. The van der Waals surface area contributed by atoms with Gasteiger partial charge in [0, 0.05) is 6.07 Å². The first-order chi connectivity index (χ1) is 13.9. The fraction of sp³-hybridized carbons (Fsp3) is 0.611. The van der Waals surface area contributed by atoms with Crippen LogP contribution in [0.25, 0.3) is 0 Å². The third kappa shape index (κ3) is 6.00. The molecule has 0 aromatic carbocycles. The zero-order valence-corrected chi connectivity index (χ0v) is 16.3. The van der Waals surface area contributed by atoms with Crippen molar-refractivity contribution in [2.45, 2.75) is 63.0 Å². The van der Waals surface area contributed by atoms with Crippen molar-refractivity contribution in [2.75, 3.05) is 6.61 Å². The number of carboxylic acid groups (broad SMARTS) is 1. The van der Waals surface area contributed by atoms with E-state index in [1.54, 1.807) is 0 Å². The minimum Gasteiger partial charge on any atom is -0.481 e. The Morgan fingerprint density at radius 2 is 1.83 bits per heavy atom. The highest BCUT2D eigenvalue weighted by Gasteiger charge is 2.46. The highest BCUT2D eigenvalue weighted by atomic mass is 16.7. The lowest BCUT2D eigenvalue weighted by atomic mass is 9.98. The van der Waals surface area contributed by atoms with Crippen molar-refractivity contribution in [1.82, 2.24) is 0 Å². The summed E-state index contributed by atoms with van der Waals surface area (Å²) in [7, 11) is 0. The number of carbonyl (C=O) groups excluding carboxylic acids is 1. The van der Waals surface area contributed by atoms with Crippen molar-refractivity contribution in [3.63, 3.8) is 0 Å². The summed E-state index contributed by atoms with van der Waals surface area (Å²) in [4.78, 5) is 34.5. The highest BCUT2D eigenvalue weighted by Crippen LogP contribution is 2.25. The zero-order valence-electron chi connectivity index (χ0n) is 16.3.